The SMILES string of the molecule is CCN(CC)CCCNc1nc(NCCCN(CC)CC)nc(NCc2ccc(C#N)cc2)n1. The van der Waals surface area contributed by atoms with Gasteiger partial charge in [-0.25, -0.2) is 0 Å². The lowest BCUT2D eigenvalue weighted by Crippen LogP contribution is -2.26. The maximum absolute atomic E-state index is 8.98. The second-order valence-electron chi connectivity index (χ2n) is 8.08. The summed E-state index contributed by atoms with van der Waals surface area (Å²) >= 11 is 0. The van der Waals surface area contributed by atoms with E-state index in [9.17, 15) is 0 Å². The lowest BCUT2D eigenvalue weighted by Gasteiger charge is -2.18. The van der Waals surface area contributed by atoms with Crippen LogP contribution in [0, 0.1) is 11.3 Å². The number of anilines is 3. The zero-order valence-corrected chi connectivity index (χ0v) is 21.3. The lowest BCUT2D eigenvalue weighted by molar-refractivity contribution is 0.303. The predicted molar refractivity (Wildman–Crippen MR) is 140 cm³/mol. The Morgan fingerprint density at radius 3 is 1.56 bits per heavy atom. The molecule has 2 aromatic rings. The van der Waals surface area contributed by atoms with Crippen LogP contribution >= 0.6 is 0 Å². The first-order valence-electron chi connectivity index (χ1n) is 12.5. The van der Waals surface area contributed by atoms with Gasteiger partial charge >= 0.3 is 0 Å². The number of nitrogens with zero attached hydrogens (tertiary/aromatic N) is 6. The minimum Gasteiger partial charge on any atom is -0.354 e. The molecule has 0 atom stereocenters. The van der Waals surface area contributed by atoms with Crippen LogP contribution in [0.25, 0.3) is 0 Å². The fourth-order valence-electron chi connectivity index (χ4n) is 3.58. The zero-order valence-electron chi connectivity index (χ0n) is 21.3. The van der Waals surface area contributed by atoms with Crippen LogP contribution in [0.5, 0.6) is 0 Å². The summed E-state index contributed by atoms with van der Waals surface area (Å²) in [5.74, 6) is 1.67. The fourth-order valence-corrected chi connectivity index (χ4v) is 3.58. The number of nitriles is 1. The smallest absolute Gasteiger partial charge is 0.229 e. The van der Waals surface area contributed by atoms with Crippen LogP contribution in [0.2, 0.25) is 0 Å². The van der Waals surface area contributed by atoms with Crippen LogP contribution < -0.4 is 16.0 Å². The van der Waals surface area contributed by atoms with Crippen LogP contribution in [0.3, 0.4) is 0 Å². The summed E-state index contributed by atoms with van der Waals surface area (Å²) in [7, 11) is 0. The van der Waals surface area contributed by atoms with Crippen molar-refractivity contribution in [3.8, 4) is 6.07 Å². The molecule has 0 bridgehead atoms. The summed E-state index contributed by atoms with van der Waals surface area (Å²) in [6, 6.07) is 9.65. The van der Waals surface area contributed by atoms with Gasteiger partial charge in [-0.3, -0.25) is 0 Å². The molecule has 0 aliphatic carbocycles. The maximum Gasteiger partial charge on any atom is 0.229 e. The zero-order chi connectivity index (χ0) is 24.6. The van der Waals surface area contributed by atoms with Crippen molar-refractivity contribution in [2.75, 3.05) is 68.3 Å². The van der Waals surface area contributed by atoms with Crippen LogP contribution in [0.1, 0.15) is 51.7 Å². The van der Waals surface area contributed by atoms with Gasteiger partial charge in [0.2, 0.25) is 17.8 Å². The van der Waals surface area contributed by atoms with Gasteiger partial charge in [0.05, 0.1) is 11.6 Å². The van der Waals surface area contributed by atoms with Crippen molar-refractivity contribution in [3.63, 3.8) is 0 Å². The Hall–Kier alpha value is -2.96. The molecule has 1 aromatic carbocycles. The molecule has 186 valence electrons. The van der Waals surface area contributed by atoms with Gasteiger partial charge in [-0.2, -0.15) is 20.2 Å². The number of benzene rings is 1. The van der Waals surface area contributed by atoms with E-state index >= 15 is 0 Å². The number of nitrogens with one attached hydrogen (secondary N) is 3. The molecule has 3 N–H and O–H groups in total. The van der Waals surface area contributed by atoms with Gasteiger partial charge in [-0.15, -0.1) is 0 Å². The number of hydrogen-bond acceptors (Lipinski definition) is 9. The quantitative estimate of drug-likeness (QED) is 0.301. The minimum atomic E-state index is 0.525. The van der Waals surface area contributed by atoms with Crippen molar-refractivity contribution in [1.82, 2.24) is 24.8 Å². The summed E-state index contributed by atoms with van der Waals surface area (Å²) < 4.78 is 0. The average molecular weight is 468 g/mol. The average Bonchev–Trinajstić information content (AvgIpc) is 2.88. The second kappa shape index (κ2) is 15.8. The van der Waals surface area contributed by atoms with Gasteiger partial charge < -0.3 is 25.8 Å². The standard InChI is InChI=1S/C25H41N9/c1-5-33(6-2)17-9-15-27-23-30-24(28-16-10-18-34(7-3)8-4)32-25(31-23)29-20-22-13-11-21(19-26)12-14-22/h11-14H,5-10,15-18,20H2,1-4H3,(H3,27,28,29,30,31,32). The Balaban J connectivity index is 1.98. The first-order chi connectivity index (χ1) is 16.6. The van der Waals surface area contributed by atoms with Crippen molar-refractivity contribution >= 4 is 17.8 Å². The molecule has 0 amide bonds. The van der Waals surface area contributed by atoms with Gasteiger partial charge in [0.25, 0.3) is 0 Å². The van der Waals surface area contributed by atoms with E-state index in [-0.39, 0.29) is 0 Å². The molecule has 0 fully saturated rings. The van der Waals surface area contributed by atoms with Crippen LogP contribution in [-0.2, 0) is 6.54 Å². The molecule has 0 radical (unpaired) electrons. The van der Waals surface area contributed by atoms with Gasteiger partial charge in [0.1, 0.15) is 0 Å². The van der Waals surface area contributed by atoms with Gasteiger partial charge in [-0.05, 0) is 69.8 Å². The second-order valence-corrected chi connectivity index (χ2v) is 8.08. The lowest BCUT2D eigenvalue weighted by atomic mass is 10.1. The van der Waals surface area contributed by atoms with Crippen molar-refractivity contribution in [2.45, 2.75) is 47.1 Å². The Kier molecular flexibility index (Phi) is 12.7. The summed E-state index contributed by atoms with van der Waals surface area (Å²) in [4.78, 5) is 18.5. The third-order valence-electron chi connectivity index (χ3n) is 5.83. The highest BCUT2D eigenvalue weighted by Gasteiger charge is 2.08. The molecule has 9 heteroatoms. The molecule has 0 saturated heterocycles. The molecule has 0 saturated carbocycles. The molecule has 0 aliphatic heterocycles. The molecule has 0 unspecified atom stereocenters. The fraction of sp³-hybridized carbons (Fsp3) is 0.600. The first kappa shape index (κ1) is 27.3. The highest BCUT2D eigenvalue weighted by molar-refractivity contribution is 5.43. The van der Waals surface area contributed by atoms with Crippen LogP contribution in [0.15, 0.2) is 24.3 Å². The normalized spacial score (nSPS) is 11.0. The molecular weight excluding hydrogens is 426 g/mol. The van der Waals surface area contributed by atoms with Crippen molar-refractivity contribution in [3.05, 3.63) is 35.4 Å². The highest BCUT2D eigenvalue weighted by Crippen LogP contribution is 2.12. The maximum atomic E-state index is 8.98. The first-order valence-corrected chi connectivity index (χ1v) is 12.5. The van der Waals surface area contributed by atoms with E-state index in [1.807, 2.05) is 24.3 Å². The van der Waals surface area contributed by atoms with Gasteiger partial charge in [-0.1, -0.05) is 39.8 Å². The van der Waals surface area contributed by atoms with Crippen molar-refractivity contribution in [2.24, 2.45) is 0 Å². The van der Waals surface area contributed by atoms with E-state index < -0.39 is 0 Å². The van der Waals surface area contributed by atoms with Gasteiger partial charge in [0, 0.05) is 19.6 Å². The van der Waals surface area contributed by atoms with E-state index in [4.69, 9.17) is 5.26 Å². The highest BCUT2D eigenvalue weighted by atomic mass is 15.3. The van der Waals surface area contributed by atoms with Crippen LogP contribution in [0.4, 0.5) is 17.8 Å². The largest absolute Gasteiger partial charge is 0.354 e. The van der Waals surface area contributed by atoms with E-state index in [0.29, 0.717) is 30.0 Å². The Morgan fingerprint density at radius 1 is 0.706 bits per heavy atom. The monoisotopic (exact) mass is 467 g/mol. The molecule has 1 heterocycles. The number of aromatic nitrogens is 3. The minimum absolute atomic E-state index is 0.525. The third kappa shape index (κ3) is 9.89. The molecular formula is C25H41N9. The van der Waals surface area contributed by atoms with Crippen molar-refractivity contribution in [1.29, 1.82) is 5.26 Å². The number of hydrogen-bond donors (Lipinski definition) is 3. The number of rotatable bonds is 17. The van der Waals surface area contributed by atoms with Crippen molar-refractivity contribution < 1.29 is 0 Å². The van der Waals surface area contributed by atoms with E-state index in [2.05, 4.69) is 74.5 Å². The molecule has 9 nitrogen and oxygen atoms in total. The summed E-state index contributed by atoms with van der Waals surface area (Å²) in [5.41, 5.74) is 1.71. The topological polar surface area (TPSA) is 105 Å². The molecule has 1 aromatic heterocycles. The third-order valence-corrected chi connectivity index (χ3v) is 5.83. The van der Waals surface area contributed by atoms with E-state index in [0.717, 1.165) is 70.8 Å². The summed E-state index contributed by atoms with van der Waals surface area (Å²) in [6.07, 6.45) is 2.04. The molecule has 0 aliphatic rings. The van der Waals surface area contributed by atoms with Crippen LogP contribution in [-0.4, -0.2) is 77.1 Å². The molecule has 34 heavy (non-hydrogen) atoms. The Bertz CT molecular complexity index is 817. The Labute approximate surface area is 205 Å². The summed E-state index contributed by atoms with van der Waals surface area (Å²) in [5, 5.41) is 19.0. The van der Waals surface area contributed by atoms with Gasteiger partial charge in [0.15, 0.2) is 0 Å². The molecule has 2 rings (SSSR count). The Morgan fingerprint density at radius 2 is 1.15 bits per heavy atom. The molecule has 0 spiro atoms. The van der Waals surface area contributed by atoms with E-state index in [1.165, 1.54) is 0 Å². The predicted octanol–water partition coefficient (Wildman–Crippen LogP) is 3.64. The van der Waals surface area contributed by atoms with E-state index in [1.54, 1.807) is 0 Å². The summed E-state index contributed by atoms with van der Waals surface area (Å²) in [6.45, 7) is 17.3.